The van der Waals surface area contributed by atoms with Crippen LogP contribution in [0.3, 0.4) is 0 Å². The molecule has 0 atom stereocenters. The molecule has 1 N–H and O–H groups in total. The Bertz CT molecular complexity index is 1480. The maximum Gasteiger partial charge on any atom is 0.268 e. The monoisotopic (exact) mass is 478 g/mol. The van der Waals surface area contributed by atoms with Crippen LogP contribution in [0.1, 0.15) is 30.7 Å². The number of aromatic nitrogens is 4. The fourth-order valence-corrected chi connectivity index (χ4v) is 6.01. The lowest BCUT2D eigenvalue weighted by molar-refractivity contribution is 0.0995. The summed E-state index contributed by atoms with van der Waals surface area (Å²) >= 11 is 2.83. The van der Waals surface area contributed by atoms with Crippen molar-refractivity contribution in [3.63, 3.8) is 0 Å². The molecule has 0 saturated carbocycles. The minimum absolute atomic E-state index is 0.105. The highest BCUT2D eigenvalue weighted by molar-refractivity contribution is 7.21. The Labute approximate surface area is 198 Å². The van der Waals surface area contributed by atoms with Crippen molar-refractivity contribution < 1.29 is 9.59 Å². The molecule has 5 rings (SSSR count). The number of benzene rings is 1. The number of anilines is 2. The quantitative estimate of drug-likeness (QED) is 0.405. The number of aryl methyl sites for hydroxylation is 4. The Morgan fingerprint density at radius 3 is 2.09 bits per heavy atom. The molecule has 0 aliphatic heterocycles. The second-order valence-electron chi connectivity index (χ2n) is 7.95. The van der Waals surface area contributed by atoms with Crippen molar-refractivity contribution in [2.75, 3.05) is 17.3 Å². The molecule has 4 aromatic heterocycles. The second kappa shape index (κ2) is 7.82. The van der Waals surface area contributed by atoms with Gasteiger partial charge in [-0.1, -0.05) is 6.07 Å². The van der Waals surface area contributed by atoms with E-state index in [9.17, 15) is 9.59 Å². The van der Waals surface area contributed by atoms with E-state index >= 15 is 0 Å². The van der Waals surface area contributed by atoms with E-state index in [0.717, 1.165) is 31.8 Å². The minimum atomic E-state index is -0.186. The van der Waals surface area contributed by atoms with Crippen LogP contribution in [0, 0.1) is 13.8 Å². The van der Waals surface area contributed by atoms with Gasteiger partial charge in [0.05, 0.1) is 21.1 Å². The van der Waals surface area contributed by atoms with Gasteiger partial charge in [0.15, 0.2) is 0 Å². The van der Waals surface area contributed by atoms with Crippen molar-refractivity contribution in [2.45, 2.75) is 13.8 Å². The van der Waals surface area contributed by atoms with Gasteiger partial charge in [-0.25, -0.2) is 0 Å². The van der Waals surface area contributed by atoms with Gasteiger partial charge in [0, 0.05) is 43.3 Å². The minimum Gasteiger partial charge on any atom is -0.321 e. The molecule has 0 radical (unpaired) electrons. The van der Waals surface area contributed by atoms with E-state index < -0.39 is 0 Å². The van der Waals surface area contributed by atoms with Crippen LogP contribution in [0.25, 0.3) is 20.4 Å². The molecule has 2 amide bonds. The zero-order chi connectivity index (χ0) is 23.4. The molecule has 0 aliphatic rings. The van der Waals surface area contributed by atoms with E-state index in [4.69, 9.17) is 0 Å². The molecule has 33 heavy (non-hydrogen) atoms. The summed E-state index contributed by atoms with van der Waals surface area (Å²) in [4.78, 5) is 30.8. The van der Waals surface area contributed by atoms with Gasteiger partial charge in [-0.2, -0.15) is 10.2 Å². The average Bonchev–Trinajstić information content (AvgIpc) is 3.52. The first-order chi connectivity index (χ1) is 15.7. The molecular formula is C23H22N6O2S2. The van der Waals surface area contributed by atoms with Crippen LogP contribution in [0.2, 0.25) is 0 Å². The predicted molar refractivity (Wildman–Crippen MR) is 134 cm³/mol. The number of fused-ring (bicyclic) bond motifs is 2. The molecule has 0 unspecified atom stereocenters. The zero-order valence-electron chi connectivity index (χ0n) is 18.8. The number of carbonyl (C=O) groups excluding carboxylic acids is 2. The highest BCUT2D eigenvalue weighted by atomic mass is 32.1. The van der Waals surface area contributed by atoms with Gasteiger partial charge in [0.1, 0.15) is 9.66 Å². The van der Waals surface area contributed by atoms with E-state index in [1.807, 2.05) is 58.3 Å². The Morgan fingerprint density at radius 2 is 1.48 bits per heavy atom. The van der Waals surface area contributed by atoms with Crippen LogP contribution >= 0.6 is 22.7 Å². The van der Waals surface area contributed by atoms with Crippen LogP contribution < -0.4 is 10.2 Å². The van der Waals surface area contributed by atoms with Gasteiger partial charge in [-0.15, -0.1) is 22.7 Å². The number of nitrogens with zero attached hydrogens (tertiary/aromatic N) is 5. The lowest BCUT2D eigenvalue weighted by atomic mass is 10.2. The van der Waals surface area contributed by atoms with Crippen molar-refractivity contribution >= 4 is 66.3 Å². The number of thiophene rings is 2. The Morgan fingerprint density at radius 1 is 0.909 bits per heavy atom. The molecule has 4 heterocycles. The van der Waals surface area contributed by atoms with Crippen molar-refractivity contribution in [2.24, 2.45) is 14.1 Å². The third-order valence-corrected chi connectivity index (χ3v) is 8.01. The molecule has 0 bridgehead atoms. The number of hydrogen-bond donors (Lipinski definition) is 1. The molecule has 8 nitrogen and oxygen atoms in total. The lowest BCUT2D eigenvalue weighted by Gasteiger charge is -2.17. The fraction of sp³-hybridized carbons (Fsp3) is 0.217. The van der Waals surface area contributed by atoms with Gasteiger partial charge in [0.2, 0.25) is 0 Å². The van der Waals surface area contributed by atoms with Gasteiger partial charge in [0.25, 0.3) is 11.8 Å². The topological polar surface area (TPSA) is 85.1 Å². The number of rotatable bonds is 4. The summed E-state index contributed by atoms with van der Waals surface area (Å²) in [6.07, 6.45) is 0. The Balaban J connectivity index is 1.37. The predicted octanol–water partition coefficient (Wildman–Crippen LogP) is 4.73. The maximum absolute atomic E-state index is 13.1. The zero-order valence-corrected chi connectivity index (χ0v) is 20.5. The van der Waals surface area contributed by atoms with Gasteiger partial charge >= 0.3 is 0 Å². The Hall–Kier alpha value is -3.50. The second-order valence-corrected chi connectivity index (χ2v) is 10.0. The molecule has 5 aromatic rings. The number of amides is 2. The van der Waals surface area contributed by atoms with Crippen LogP contribution in [0.4, 0.5) is 11.4 Å². The average molecular weight is 479 g/mol. The lowest BCUT2D eigenvalue weighted by Crippen LogP contribution is -2.25. The molecule has 0 saturated heterocycles. The van der Waals surface area contributed by atoms with Gasteiger partial charge in [-0.3, -0.25) is 19.0 Å². The molecular weight excluding hydrogens is 456 g/mol. The molecule has 1 aromatic carbocycles. The van der Waals surface area contributed by atoms with E-state index in [2.05, 4.69) is 15.5 Å². The highest BCUT2D eigenvalue weighted by Gasteiger charge is 2.20. The summed E-state index contributed by atoms with van der Waals surface area (Å²) < 4.78 is 3.59. The normalized spacial score (nSPS) is 11.4. The largest absolute Gasteiger partial charge is 0.321 e. The van der Waals surface area contributed by atoms with E-state index in [-0.39, 0.29) is 11.8 Å². The summed E-state index contributed by atoms with van der Waals surface area (Å²) in [5.41, 5.74) is 3.13. The first kappa shape index (κ1) is 21.4. The number of carbonyl (C=O) groups is 2. The molecule has 0 aliphatic carbocycles. The smallest absolute Gasteiger partial charge is 0.268 e. The van der Waals surface area contributed by atoms with Crippen molar-refractivity contribution in [1.82, 2.24) is 19.6 Å². The first-order valence-electron chi connectivity index (χ1n) is 10.3. The fourth-order valence-electron chi connectivity index (χ4n) is 3.90. The molecule has 168 valence electrons. The van der Waals surface area contributed by atoms with Crippen molar-refractivity contribution in [3.05, 3.63) is 57.5 Å². The summed E-state index contributed by atoms with van der Waals surface area (Å²) in [7, 11) is 5.49. The van der Waals surface area contributed by atoms with Crippen LogP contribution in [0.5, 0.6) is 0 Å². The van der Waals surface area contributed by atoms with Crippen molar-refractivity contribution in [1.29, 1.82) is 0 Å². The van der Waals surface area contributed by atoms with Crippen LogP contribution in [-0.4, -0.2) is 38.4 Å². The summed E-state index contributed by atoms with van der Waals surface area (Å²) in [5.74, 6) is -0.291. The number of hydrogen-bond acceptors (Lipinski definition) is 6. The van der Waals surface area contributed by atoms with E-state index in [1.54, 1.807) is 27.4 Å². The van der Waals surface area contributed by atoms with Crippen LogP contribution in [-0.2, 0) is 14.1 Å². The van der Waals surface area contributed by atoms with E-state index in [0.29, 0.717) is 21.1 Å². The maximum atomic E-state index is 13.1. The third kappa shape index (κ3) is 3.61. The summed E-state index contributed by atoms with van der Waals surface area (Å²) in [5, 5.41) is 13.7. The molecule has 0 spiro atoms. The SMILES string of the molecule is Cc1nn(C)c2sc(C(=O)Nc3cccc(N(C)C(=O)c4cc5c(C)nn(C)c5s4)c3)cc12. The third-order valence-electron chi connectivity index (χ3n) is 5.62. The Kier molecular flexibility index (Phi) is 5.06. The molecule has 10 heteroatoms. The summed E-state index contributed by atoms with van der Waals surface area (Å²) in [6.45, 7) is 3.87. The van der Waals surface area contributed by atoms with Crippen molar-refractivity contribution in [3.8, 4) is 0 Å². The molecule has 0 fully saturated rings. The standard InChI is InChI=1S/C23H22N6O2S2/c1-12-16-10-18(32-22(16)28(4)25-12)20(30)24-14-7-6-8-15(9-14)27(3)21(31)19-11-17-13(2)26-29(5)23(17)33-19/h6-11H,1-5H3,(H,24,30). The van der Waals surface area contributed by atoms with E-state index in [1.165, 1.54) is 22.7 Å². The highest BCUT2D eigenvalue weighted by Crippen LogP contribution is 2.31. The van der Waals surface area contributed by atoms with Gasteiger partial charge in [-0.05, 0) is 44.2 Å². The summed E-state index contributed by atoms with van der Waals surface area (Å²) in [6, 6.07) is 11.1. The van der Waals surface area contributed by atoms with Crippen LogP contribution in [0.15, 0.2) is 36.4 Å². The first-order valence-corrected chi connectivity index (χ1v) is 11.9. The van der Waals surface area contributed by atoms with Gasteiger partial charge < -0.3 is 10.2 Å². The number of nitrogens with one attached hydrogen (secondary N) is 1.